The van der Waals surface area contributed by atoms with Crippen molar-refractivity contribution in [2.45, 2.75) is 0 Å². The lowest BCUT2D eigenvalue weighted by molar-refractivity contribution is 0.705. The molecule has 0 saturated heterocycles. The van der Waals surface area contributed by atoms with Crippen LogP contribution in [0.25, 0.3) is 11.2 Å². The molecule has 9 heteroatoms. The normalized spacial score (nSPS) is 11.7. The summed E-state index contributed by atoms with van der Waals surface area (Å²) in [5, 5.41) is 4.13. The van der Waals surface area contributed by atoms with Gasteiger partial charge in [0.2, 0.25) is 5.95 Å². The predicted molar refractivity (Wildman–Crippen MR) is 87.8 cm³/mol. The van der Waals surface area contributed by atoms with Crippen LogP contribution in [-0.2, 0) is 28.2 Å². The van der Waals surface area contributed by atoms with Crippen LogP contribution in [0.2, 0.25) is 0 Å². The molecule has 120 valence electrons. The van der Waals surface area contributed by atoms with Crippen molar-refractivity contribution in [3.63, 3.8) is 0 Å². The second-order valence-electron chi connectivity index (χ2n) is 5.29. The first-order valence-corrected chi connectivity index (χ1v) is 6.94. The van der Waals surface area contributed by atoms with E-state index < -0.39 is 11.2 Å². The molecule has 9 nitrogen and oxygen atoms in total. The molecule has 0 aromatic carbocycles. The molecule has 0 unspecified atom stereocenters. The summed E-state index contributed by atoms with van der Waals surface area (Å²) in [6.45, 7) is 0. The molecule has 0 spiro atoms. The van der Waals surface area contributed by atoms with Crippen LogP contribution in [0.15, 0.2) is 33.0 Å². The predicted octanol–water partition coefficient (Wildman–Crippen LogP) is -0.245. The first kappa shape index (κ1) is 14.8. The Kier molecular flexibility index (Phi) is 3.40. The van der Waals surface area contributed by atoms with Crippen LogP contribution in [0, 0.1) is 0 Å². The SMILES string of the molecule is Cn1cccc1/C=N\Nc1nc2c(c(=O)n(C)c(=O)n2C)n1C. The number of hydrazone groups is 1. The van der Waals surface area contributed by atoms with Crippen LogP contribution in [0.1, 0.15) is 5.69 Å². The molecular formula is C14H17N7O2. The number of imidazole rings is 1. The van der Waals surface area contributed by atoms with E-state index in [1.807, 2.05) is 29.9 Å². The van der Waals surface area contributed by atoms with E-state index in [0.29, 0.717) is 17.1 Å². The molecule has 3 heterocycles. The maximum atomic E-state index is 12.3. The standard InChI is InChI=1S/C14H17N7O2/c1-18-7-5-6-9(18)8-15-17-13-16-11-10(19(13)2)12(22)21(4)14(23)20(11)3/h5-8H,1-4H3,(H,16,17)/b15-8-. The van der Waals surface area contributed by atoms with Crippen LogP contribution in [0.4, 0.5) is 5.95 Å². The third-order valence-electron chi connectivity index (χ3n) is 3.82. The van der Waals surface area contributed by atoms with E-state index in [0.717, 1.165) is 10.3 Å². The number of anilines is 1. The second-order valence-corrected chi connectivity index (χ2v) is 5.29. The lowest BCUT2D eigenvalue weighted by Gasteiger charge is -2.03. The number of aryl methyl sites for hydroxylation is 3. The highest BCUT2D eigenvalue weighted by molar-refractivity contribution is 5.78. The molecular weight excluding hydrogens is 298 g/mol. The van der Waals surface area contributed by atoms with Gasteiger partial charge in [0.15, 0.2) is 11.2 Å². The minimum atomic E-state index is -0.417. The molecule has 0 atom stereocenters. The molecule has 1 N–H and O–H groups in total. The monoisotopic (exact) mass is 315 g/mol. The van der Waals surface area contributed by atoms with E-state index in [4.69, 9.17) is 0 Å². The zero-order chi connectivity index (χ0) is 16.7. The fourth-order valence-corrected chi connectivity index (χ4v) is 2.38. The molecule has 0 radical (unpaired) electrons. The van der Waals surface area contributed by atoms with Crippen LogP contribution in [0.3, 0.4) is 0 Å². The number of nitrogens with one attached hydrogen (secondary N) is 1. The number of nitrogens with zero attached hydrogens (tertiary/aromatic N) is 6. The lowest BCUT2D eigenvalue weighted by Crippen LogP contribution is -2.37. The summed E-state index contributed by atoms with van der Waals surface area (Å²) in [4.78, 5) is 28.5. The molecule has 3 aromatic heterocycles. The topological polar surface area (TPSA) is 91.1 Å². The third kappa shape index (κ3) is 2.26. The Morgan fingerprint density at radius 3 is 2.52 bits per heavy atom. The Bertz CT molecular complexity index is 1030. The zero-order valence-electron chi connectivity index (χ0n) is 13.3. The van der Waals surface area contributed by atoms with E-state index in [1.54, 1.807) is 24.9 Å². The number of hydrogen-bond donors (Lipinski definition) is 1. The third-order valence-corrected chi connectivity index (χ3v) is 3.82. The largest absolute Gasteiger partial charge is 0.350 e. The molecule has 3 rings (SSSR count). The highest BCUT2D eigenvalue weighted by atomic mass is 16.2. The summed E-state index contributed by atoms with van der Waals surface area (Å²) in [6, 6.07) is 3.83. The zero-order valence-corrected chi connectivity index (χ0v) is 13.3. The minimum Gasteiger partial charge on any atom is -0.350 e. The molecule has 0 aliphatic rings. The summed E-state index contributed by atoms with van der Waals surface area (Å²) in [6.07, 6.45) is 3.56. The number of aromatic nitrogens is 5. The van der Waals surface area contributed by atoms with Gasteiger partial charge in [-0.15, -0.1) is 0 Å². The van der Waals surface area contributed by atoms with Gasteiger partial charge in [-0.3, -0.25) is 13.9 Å². The second kappa shape index (κ2) is 5.27. The molecule has 0 aliphatic carbocycles. The summed E-state index contributed by atoms with van der Waals surface area (Å²) in [5.74, 6) is 0.378. The van der Waals surface area contributed by atoms with Crippen molar-refractivity contribution in [2.75, 3.05) is 5.43 Å². The number of fused-ring (bicyclic) bond motifs is 1. The van der Waals surface area contributed by atoms with E-state index in [2.05, 4.69) is 15.5 Å². The number of hydrogen-bond acceptors (Lipinski definition) is 5. The smallest absolute Gasteiger partial charge is 0.332 e. The Morgan fingerprint density at radius 1 is 1.13 bits per heavy atom. The quantitative estimate of drug-likeness (QED) is 0.533. The van der Waals surface area contributed by atoms with E-state index in [9.17, 15) is 9.59 Å². The summed E-state index contributed by atoms with van der Waals surface area (Å²) >= 11 is 0. The Hall–Kier alpha value is -3.10. The summed E-state index contributed by atoms with van der Waals surface area (Å²) in [5.41, 5.74) is 3.57. The van der Waals surface area contributed by atoms with Gasteiger partial charge in [-0.2, -0.15) is 10.1 Å². The first-order chi connectivity index (χ1) is 10.9. The van der Waals surface area contributed by atoms with Crippen molar-refractivity contribution in [3.05, 3.63) is 44.9 Å². The average Bonchev–Trinajstić information content (AvgIpc) is 3.08. The maximum Gasteiger partial charge on any atom is 0.332 e. The van der Waals surface area contributed by atoms with E-state index in [-0.39, 0.29) is 0 Å². The van der Waals surface area contributed by atoms with Crippen LogP contribution < -0.4 is 16.7 Å². The fourth-order valence-electron chi connectivity index (χ4n) is 2.38. The van der Waals surface area contributed by atoms with Gasteiger partial charge in [0.05, 0.1) is 11.9 Å². The Morgan fingerprint density at radius 2 is 1.87 bits per heavy atom. The highest BCUT2D eigenvalue weighted by Gasteiger charge is 2.16. The van der Waals surface area contributed by atoms with Gasteiger partial charge in [0, 0.05) is 34.4 Å². The van der Waals surface area contributed by atoms with Gasteiger partial charge in [-0.1, -0.05) is 0 Å². The molecule has 0 saturated carbocycles. The van der Waals surface area contributed by atoms with Gasteiger partial charge in [-0.05, 0) is 12.1 Å². The minimum absolute atomic E-state index is 0.317. The Balaban J connectivity index is 2.05. The molecule has 0 aliphatic heterocycles. The molecule has 0 amide bonds. The maximum absolute atomic E-state index is 12.3. The molecule has 3 aromatic rings. The number of rotatable bonds is 3. The summed E-state index contributed by atoms with van der Waals surface area (Å²) in [7, 11) is 6.63. The van der Waals surface area contributed by atoms with Gasteiger partial charge < -0.3 is 9.13 Å². The van der Waals surface area contributed by atoms with Crippen molar-refractivity contribution < 1.29 is 0 Å². The van der Waals surface area contributed by atoms with Crippen molar-refractivity contribution in [3.8, 4) is 0 Å². The van der Waals surface area contributed by atoms with Crippen LogP contribution in [0.5, 0.6) is 0 Å². The molecule has 23 heavy (non-hydrogen) atoms. The average molecular weight is 315 g/mol. The Labute approximate surface area is 131 Å². The first-order valence-electron chi connectivity index (χ1n) is 6.94. The van der Waals surface area contributed by atoms with Crippen LogP contribution in [-0.4, -0.2) is 29.5 Å². The van der Waals surface area contributed by atoms with Gasteiger partial charge >= 0.3 is 5.69 Å². The van der Waals surface area contributed by atoms with Crippen molar-refractivity contribution in [2.24, 2.45) is 33.3 Å². The van der Waals surface area contributed by atoms with Gasteiger partial charge in [-0.25, -0.2) is 10.2 Å². The highest BCUT2D eigenvalue weighted by Crippen LogP contribution is 2.12. The molecule has 0 fully saturated rings. The van der Waals surface area contributed by atoms with Gasteiger partial charge in [0.25, 0.3) is 5.56 Å². The van der Waals surface area contributed by atoms with Crippen LogP contribution >= 0.6 is 0 Å². The summed E-state index contributed by atoms with van der Waals surface area (Å²) < 4.78 is 5.89. The van der Waals surface area contributed by atoms with Crippen molar-refractivity contribution in [1.82, 2.24) is 23.3 Å². The van der Waals surface area contributed by atoms with Crippen molar-refractivity contribution in [1.29, 1.82) is 0 Å². The van der Waals surface area contributed by atoms with Gasteiger partial charge in [0.1, 0.15) is 0 Å². The fraction of sp³-hybridized carbons (Fsp3) is 0.286. The van der Waals surface area contributed by atoms with Crippen molar-refractivity contribution >= 4 is 23.3 Å². The molecule has 0 bridgehead atoms. The van der Waals surface area contributed by atoms with E-state index >= 15 is 0 Å². The van der Waals surface area contributed by atoms with E-state index in [1.165, 1.54) is 11.6 Å². The lowest BCUT2D eigenvalue weighted by atomic mass is 10.5.